The van der Waals surface area contributed by atoms with Gasteiger partial charge in [-0.1, -0.05) is 28.9 Å². The van der Waals surface area contributed by atoms with E-state index in [2.05, 4.69) is 27.8 Å². The van der Waals surface area contributed by atoms with Crippen molar-refractivity contribution in [3.05, 3.63) is 34.3 Å². The van der Waals surface area contributed by atoms with E-state index in [4.69, 9.17) is 4.74 Å². The molecule has 0 bridgehead atoms. The van der Waals surface area contributed by atoms with Crippen LogP contribution in [0.1, 0.15) is 30.1 Å². The van der Waals surface area contributed by atoms with Crippen LogP contribution < -0.4 is 0 Å². The van der Waals surface area contributed by atoms with Crippen LogP contribution >= 0.6 is 15.9 Å². The predicted molar refractivity (Wildman–Crippen MR) is 91.8 cm³/mol. The molecule has 2 heterocycles. The van der Waals surface area contributed by atoms with E-state index in [1.54, 1.807) is 18.2 Å². The number of benzene rings is 1. The van der Waals surface area contributed by atoms with Gasteiger partial charge >= 0.3 is 5.97 Å². The first-order valence-electron chi connectivity index (χ1n) is 8.15. The van der Waals surface area contributed by atoms with E-state index in [-0.39, 0.29) is 12.5 Å². The van der Waals surface area contributed by atoms with Gasteiger partial charge in [0.2, 0.25) is 0 Å². The SMILES string of the molecule is CCN1CCC2(CC1)OC[C@@H](C(=O)O)N2C(=O)c1cccc(Br)c1. The maximum absolute atomic E-state index is 13.1. The number of carbonyl (C=O) groups excluding carboxylic acids is 1. The Morgan fingerprint density at radius 1 is 1.38 bits per heavy atom. The number of piperidine rings is 1. The summed E-state index contributed by atoms with van der Waals surface area (Å²) in [6.07, 6.45) is 1.26. The zero-order valence-corrected chi connectivity index (χ0v) is 15.2. The lowest BCUT2D eigenvalue weighted by atomic mass is 9.97. The Kier molecular flexibility index (Phi) is 4.94. The molecule has 0 radical (unpaired) electrons. The standard InChI is InChI=1S/C17H21BrN2O4/c1-2-19-8-6-17(7-9-19)20(14(11-24-17)16(22)23)15(21)12-4-3-5-13(18)10-12/h3-5,10,14H,2,6-9,11H2,1H3,(H,22,23)/t14-/m0/s1. The molecule has 2 aliphatic heterocycles. The van der Waals surface area contributed by atoms with Crippen LogP contribution in [0.15, 0.2) is 28.7 Å². The average molecular weight is 397 g/mol. The van der Waals surface area contributed by atoms with Crippen LogP contribution in [-0.2, 0) is 9.53 Å². The normalized spacial score (nSPS) is 23.6. The van der Waals surface area contributed by atoms with Gasteiger partial charge in [0.05, 0.1) is 6.61 Å². The fourth-order valence-electron chi connectivity index (χ4n) is 3.53. The summed E-state index contributed by atoms with van der Waals surface area (Å²) in [7, 11) is 0. The van der Waals surface area contributed by atoms with E-state index in [1.165, 1.54) is 4.90 Å². The average Bonchev–Trinajstić information content (AvgIpc) is 2.94. The van der Waals surface area contributed by atoms with Crippen LogP contribution in [-0.4, -0.2) is 64.8 Å². The van der Waals surface area contributed by atoms with Crippen molar-refractivity contribution >= 4 is 27.8 Å². The molecule has 6 nitrogen and oxygen atoms in total. The third kappa shape index (κ3) is 3.08. The number of carboxylic acid groups (broad SMARTS) is 1. The highest BCUT2D eigenvalue weighted by Crippen LogP contribution is 2.38. The minimum absolute atomic E-state index is 0.0429. The van der Waals surface area contributed by atoms with Gasteiger partial charge in [-0.2, -0.15) is 0 Å². The predicted octanol–water partition coefficient (Wildman–Crippen LogP) is 2.19. The van der Waals surface area contributed by atoms with Gasteiger partial charge in [0, 0.05) is 36.0 Å². The molecule has 24 heavy (non-hydrogen) atoms. The smallest absolute Gasteiger partial charge is 0.328 e. The Bertz CT molecular complexity index is 643. The molecule has 0 aromatic heterocycles. The molecular formula is C17H21BrN2O4. The molecule has 1 aromatic carbocycles. The minimum Gasteiger partial charge on any atom is -0.480 e. The van der Waals surface area contributed by atoms with Crippen molar-refractivity contribution in [2.75, 3.05) is 26.2 Å². The van der Waals surface area contributed by atoms with Gasteiger partial charge < -0.3 is 14.7 Å². The number of ether oxygens (including phenoxy) is 1. The molecule has 1 spiro atoms. The van der Waals surface area contributed by atoms with Gasteiger partial charge in [-0.05, 0) is 24.7 Å². The molecule has 3 rings (SSSR count). The molecule has 1 atom stereocenters. The van der Waals surface area contributed by atoms with Crippen molar-refractivity contribution in [1.29, 1.82) is 0 Å². The summed E-state index contributed by atoms with van der Waals surface area (Å²) in [4.78, 5) is 28.5. The summed E-state index contributed by atoms with van der Waals surface area (Å²) in [5, 5.41) is 9.55. The number of rotatable bonds is 3. The lowest BCUT2D eigenvalue weighted by Crippen LogP contribution is -2.58. The van der Waals surface area contributed by atoms with Crippen molar-refractivity contribution in [3.63, 3.8) is 0 Å². The molecule has 2 saturated heterocycles. The number of likely N-dealkylation sites (tertiary alicyclic amines) is 1. The highest BCUT2D eigenvalue weighted by atomic mass is 79.9. The zero-order chi connectivity index (χ0) is 17.3. The maximum Gasteiger partial charge on any atom is 0.328 e. The van der Waals surface area contributed by atoms with Gasteiger partial charge in [0.25, 0.3) is 5.91 Å². The van der Waals surface area contributed by atoms with E-state index >= 15 is 0 Å². The second-order valence-corrected chi connectivity index (χ2v) is 7.15. The number of amides is 1. The van der Waals surface area contributed by atoms with Crippen molar-refractivity contribution in [2.24, 2.45) is 0 Å². The Morgan fingerprint density at radius 3 is 2.67 bits per heavy atom. The van der Waals surface area contributed by atoms with E-state index in [0.29, 0.717) is 18.4 Å². The van der Waals surface area contributed by atoms with Gasteiger partial charge in [-0.25, -0.2) is 4.79 Å². The Hall–Kier alpha value is -1.44. The van der Waals surface area contributed by atoms with E-state index in [0.717, 1.165) is 24.1 Å². The summed E-state index contributed by atoms with van der Waals surface area (Å²) < 4.78 is 6.71. The summed E-state index contributed by atoms with van der Waals surface area (Å²) in [6.45, 7) is 4.67. The summed E-state index contributed by atoms with van der Waals surface area (Å²) in [5.74, 6) is -1.31. The van der Waals surface area contributed by atoms with E-state index in [1.807, 2.05) is 6.07 Å². The fourth-order valence-corrected chi connectivity index (χ4v) is 3.93. The molecule has 1 amide bonds. The number of carbonyl (C=O) groups is 2. The largest absolute Gasteiger partial charge is 0.480 e. The quantitative estimate of drug-likeness (QED) is 0.847. The Balaban J connectivity index is 1.92. The molecule has 1 aromatic rings. The van der Waals surface area contributed by atoms with Crippen molar-refractivity contribution in [1.82, 2.24) is 9.80 Å². The molecule has 1 N–H and O–H groups in total. The van der Waals surface area contributed by atoms with E-state index in [9.17, 15) is 14.7 Å². The second kappa shape index (κ2) is 6.82. The first-order chi connectivity index (χ1) is 11.5. The molecule has 2 aliphatic rings. The molecule has 0 saturated carbocycles. The number of carboxylic acids is 1. The molecule has 7 heteroatoms. The van der Waals surface area contributed by atoms with Crippen LogP contribution in [0.3, 0.4) is 0 Å². The monoisotopic (exact) mass is 396 g/mol. The lowest BCUT2D eigenvalue weighted by Gasteiger charge is -2.44. The Morgan fingerprint density at radius 2 is 2.08 bits per heavy atom. The first-order valence-corrected chi connectivity index (χ1v) is 8.94. The van der Waals surface area contributed by atoms with Crippen LogP contribution in [0.25, 0.3) is 0 Å². The summed E-state index contributed by atoms with van der Waals surface area (Å²) >= 11 is 3.36. The van der Waals surface area contributed by atoms with Crippen LogP contribution in [0.2, 0.25) is 0 Å². The molecule has 0 aliphatic carbocycles. The molecule has 0 unspecified atom stereocenters. The minimum atomic E-state index is -1.02. The van der Waals surface area contributed by atoms with Crippen molar-refractivity contribution in [2.45, 2.75) is 31.5 Å². The number of nitrogens with zero attached hydrogens (tertiary/aromatic N) is 2. The van der Waals surface area contributed by atoms with Gasteiger partial charge in [-0.3, -0.25) is 9.69 Å². The summed E-state index contributed by atoms with van der Waals surface area (Å²) in [6, 6.07) is 6.09. The van der Waals surface area contributed by atoms with Crippen LogP contribution in [0, 0.1) is 0 Å². The third-order valence-corrected chi connectivity index (χ3v) is 5.41. The zero-order valence-electron chi connectivity index (χ0n) is 13.6. The Labute approximate surface area is 149 Å². The first kappa shape index (κ1) is 17.4. The summed E-state index contributed by atoms with van der Waals surface area (Å²) in [5.41, 5.74) is -0.341. The van der Waals surface area contributed by atoms with Gasteiger partial charge in [0.15, 0.2) is 6.04 Å². The maximum atomic E-state index is 13.1. The molecular weight excluding hydrogens is 376 g/mol. The van der Waals surface area contributed by atoms with Gasteiger partial charge in [-0.15, -0.1) is 0 Å². The number of aliphatic carboxylic acids is 1. The van der Waals surface area contributed by atoms with Crippen molar-refractivity contribution < 1.29 is 19.4 Å². The number of hydrogen-bond acceptors (Lipinski definition) is 4. The highest BCUT2D eigenvalue weighted by Gasteiger charge is 2.53. The highest BCUT2D eigenvalue weighted by molar-refractivity contribution is 9.10. The van der Waals surface area contributed by atoms with Crippen LogP contribution in [0.4, 0.5) is 0 Å². The topological polar surface area (TPSA) is 70.1 Å². The van der Waals surface area contributed by atoms with Crippen molar-refractivity contribution in [3.8, 4) is 0 Å². The van der Waals surface area contributed by atoms with Gasteiger partial charge in [0.1, 0.15) is 5.72 Å². The number of hydrogen-bond donors (Lipinski definition) is 1. The van der Waals surface area contributed by atoms with Crippen LogP contribution in [0.5, 0.6) is 0 Å². The number of halogens is 1. The molecule has 2 fully saturated rings. The molecule has 130 valence electrons. The lowest BCUT2D eigenvalue weighted by molar-refractivity contribution is -0.143. The second-order valence-electron chi connectivity index (χ2n) is 6.23. The van der Waals surface area contributed by atoms with E-state index < -0.39 is 17.7 Å². The fraction of sp³-hybridized carbons (Fsp3) is 0.529. The third-order valence-electron chi connectivity index (χ3n) is 4.92.